The normalized spacial score (nSPS) is 18.1. The molecule has 8 aromatic carbocycles. The van der Waals surface area contributed by atoms with Crippen molar-refractivity contribution in [1.29, 1.82) is 0 Å². The summed E-state index contributed by atoms with van der Waals surface area (Å²) in [5, 5.41) is 2.31. The van der Waals surface area contributed by atoms with E-state index in [-0.39, 0.29) is 17.7 Å². The number of thiol groups is 1. The molecular formula is C56H46BIN2OS. The fourth-order valence-corrected chi connectivity index (χ4v) is 17.4. The molecule has 0 saturated heterocycles. The minimum atomic E-state index is -2.66. The molecule has 0 bridgehead atoms. The predicted molar refractivity (Wildman–Crippen MR) is 275 cm³/mol. The van der Waals surface area contributed by atoms with Gasteiger partial charge in [0, 0.05) is 59.6 Å². The number of para-hydroxylation sites is 3. The monoisotopic (exact) mass is 932 g/mol. The molecule has 3 aliphatic heterocycles. The molecule has 4 aliphatic rings. The topological polar surface area (TPSA) is 19.6 Å². The number of hydrogen-bond acceptors (Lipinski definition) is 3. The Kier molecular flexibility index (Phi) is 7.18. The van der Waals surface area contributed by atoms with Crippen molar-refractivity contribution in [3.05, 3.63) is 186 Å². The van der Waals surface area contributed by atoms with Gasteiger partial charge in [0.2, 0.25) is 0 Å². The number of halogens is 1. The lowest BCUT2D eigenvalue weighted by atomic mass is 9.43. The van der Waals surface area contributed by atoms with Crippen LogP contribution in [0, 0.1) is 0 Å². The van der Waals surface area contributed by atoms with Crippen LogP contribution in [0.4, 0.5) is 28.4 Å². The molecule has 0 unspecified atom stereocenters. The first kappa shape index (κ1) is 36.9. The summed E-state index contributed by atoms with van der Waals surface area (Å²) in [6, 6.07) is 61.8. The van der Waals surface area contributed by atoms with E-state index in [4.69, 9.17) is 4.42 Å². The van der Waals surface area contributed by atoms with E-state index >= 15 is 0 Å². The van der Waals surface area contributed by atoms with Crippen molar-refractivity contribution >= 4 is 95.7 Å². The van der Waals surface area contributed by atoms with Crippen LogP contribution in [0.15, 0.2) is 178 Å². The molecule has 0 radical (unpaired) electrons. The van der Waals surface area contributed by atoms with Crippen molar-refractivity contribution in [3.63, 3.8) is 0 Å². The van der Waals surface area contributed by atoms with E-state index in [0.717, 1.165) is 21.9 Å². The van der Waals surface area contributed by atoms with E-state index in [1.54, 1.807) is 0 Å². The number of rotatable bonds is 2. The molecule has 0 amide bonds. The first-order valence-corrected chi connectivity index (χ1v) is 27.7. The molecule has 0 N–H and O–H groups in total. The highest BCUT2D eigenvalue weighted by Crippen LogP contribution is 2.87. The van der Waals surface area contributed by atoms with Crippen LogP contribution in [0.25, 0.3) is 44.2 Å². The Morgan fingerprint density at radius 2 is 1.18 bits per heavy atom. The summed E-state index contributed by atoms with van der Waals surface area (Å²) in [4.78, 5) is 8.22. The van der Waals surface area contributed by atoms with Crippen molar-refractivity contribution in [3.8, 4) is 22.3 Å². The highest BCUT2D eigenvalue weighted by Gasteiger charge is 2.53. The summed E-state index contributed by atoms with van der Waals surface area (Å²) in [7, 11) is 0. The van der Waals surface area contributed by atoms with E-state index in [9.17, 15) is 0 Å². The van der Waals surface area contributed by atoms with Crippen molar-refractivity contribution in [2.24, 2.45) is 0 Å². The third-order valence-electron chi connectivity index (χ3n) is 15.1. The van der Waals surface area contributed by atoms with Crippen molar-refractivity contribution in [1.82, 2.24) is 0 Å². The maximum atomic E-state index is 7.16. The SMILES string of the molecule is CC1(C)c2ccccc2C(C)(C)c2cc3c(cc21)-c1c2c(cc4c1oc1ccccc14)N1c4ccccc4[SH](C)(C)(I)c4cccc(c41)B2N3c1ccc(-c2ccccc2)cc1. The van der Waals surface area contributed by atoms with E-state index in [1.165, 1.54) is 93.7 Å². The maximum absolute atomic E-state index is 7.16. The van der Waals surface area contributed by atoms with Crippen LogP contribution in [0.1, 0.15) is 49.9 Å². The number of nitrogens with zero attached hydrogens (tertiary/aromatic N) is 2. The number of hydrogen-bond donors (Lipinski definition) is 1. The van der Waals surface area contributed by atoms with Crippen molar-refractivity contribution in [2.45, 2.75) is 48.3 Å². The molecule has 3 nitrogen and oxygen atoms in total. The lowest BCUT2D eigenvalue weighted by Gasteiger charge is -2.59. The number of anilines is 5. The zero-order valence-corrected chi connectivity index (χ0v) is 38.8. The van der Waals surface area contributed by atoms with Gasteiger partial charge in [-0.2, -0.15) is 0 Å². The van der Waals surface area contributed by atoms with E-state index in [2.05, 4.69) is 235 Å². The molecule has 0 spiro atoms. The molecule has 13 rings (SSSR count). The summed E-state index contributed by atoms with van der Waals surface area (Å²) in [6.07, 6.45) is 2.42. The van der Waals surface area contributed by atoms with Gasteiger partial charge in [-0.1, -0.05) is 137 Å². The zero-order chi connectivity index (χ0) is 42.1. The summed E-state index contributed by atoms with van der Waals surface area (Å²) in [6.45, 7) is 9.56. The van der Waals surface area contributed by atoms with Crippen LogP contribution in [0.2, 0.25) is 0 Å². The third kappa shape index (κ3) is 4.59. The first-order chi connectivity index (χ1) is 29.8. The van der Waals surface area contributed by atoms with Gasteiger partial charge in [0.1, 0.15) is 11.2 Å². The first-order valence-electron chi connectivity index (χ1n) is 21.8. The van der Waals surface area contributed by atoms with Gasteiger partial charge in [0.25, 0.3) is 0 Å². The smallest absolute Gasteiger partial charge is 0.333 e. The van der Waals surface area contributed by atoms with Gasteiger partial charge in [0.05, 0.1) is 11.4 Å². The van der Waals surface area contributed by atoms with Crippen LogP contribution in [0.3, 0.4) is 0 Å². The molecule has 4 heterocycles. The number of furan rings is 1. The maximum Gasteiger partial charge on any atom is 0.333 e. The molecule has 1 aliphatic carbocycles. The summed E-state index contributed by atoms with van der Waals surface area (Å²) < 4.78 is 7.16. The molecule has 1 aromatic heterocycles. The fraction of sp³-hybridized carbons (Fsp3) is 0.143. The lowest BCUT2D eigenvalue weighted by Crippen LogP contribution is -2.62. The Morgan fingerprint density at radius 3 is 1.94 bits per heavy atom. The van der Waals surface area contributed by atoms with Crippen LogP contribution in [-0.4, -0.2) is 19.4 Å². The quantitative estimate of drug-likeness (QED) is 0.106. The fourth-order valence-electron chi connectivity index (χ4n) is 12.0. The second-order valence-corrected chi connectivity index (χ2v) is 33.1. The number of benzene rings is 8. The lowest BCUT2D eigenvalue weighted by molar-refractivity contribution is 0.521. The van der Waals surface area contributed by atoms with E-state index in [0.29, 0.717) is 0 Å². The van der Waals surface area contributed by atoms with Gasteiger partial charge >= 0.3 is 6.85 Å². The molecule has 0 fully saturated rings. The second-order valence-electron chi connectivity index (χ2n) is 19.6. The Hall–Kier alpha value is -5.70. The molecule has 62 heavy (non-hydrogen) atoms. The Morgan fingerprint density at radius 1 is 0.548 bits per heavy atom. The third-order valence-corrected chi connectivity index (χ3v) is 21.7. The average Bonchev–Trinajstić information content (AvgIpc) is 3.66. The predicted octanol–water partition coefficient (Wildman–Crippen LogP) is 14.3. The Balaban J connectivity index is 1.21. The van der Waals surface area contributed by atoms with Gasteiger partial charge in [-0.25, -0.2) is 6.33 Å². The van der Waals surface area contributed by atoms with Gasteiger partial charge < -0.3 is 14.1 Å². The van der Waals surface area contributed by atoms with Crippen molar-refractivity contribution in [2.75, 3.05) is 22.2 Å². The second kappa shape index (κ2) is 12.1. The average molecular weight is 933 g/mol. The van der Waals surface area contributed by atoms with Crippen LogP contribution >= 0.6 is 27.5 Å². The van der Waals surface area contributed by atoms with Gasteiger partial charge in [-0.15, -0.1) is 0 Å². The molecular weight excluding hydrogens is 886 g/mol. The molecule has 0 atom stereocenters. The Bertz CT molecular complexity index is 3430. The summed E-state index contributed by atoms with van der Waals surface area (Å²) >= 11 is 2.87. The highest BCUT2D eigenvalue weighted by atomic mass is 127. The molecule has 9 aromatic rings. The summed E-state index contributed by atoms with van der Waals surface area (Å²) in [5.41, 5.74) is 20.7. The van der Waals surface area contributed by atoms with Gasteiger partial charge in [-0.3, -0.25) is 0 Å². The van der Waals surface area contributed by atoms with Crippen LogP contribution < -0.4 is 20.6 Å². The van der Waals surface area contributed by atoms with Crippen molar-refractivity contribution < 1.29 is 4.42 Å². The largest absolute Gasteiger partial charge is 0.455 e. The van der Waals surface area contributed by atoms with E-state index in [1.807, 2.05) is 0 Å². The highest BCUT2D eigenvalue weighted by molar-refractivity contribution is 14.2. The molecule has 302 valence electrons. The van der Waals surface area contributed by atoms with Gasteiger partial charge in [0.15, 0.2) is 0 Å². The zero-order valence-electron chi connectivity index (χ0n) is 35.8. The molecule has 0 saturated carbocycles. The van der Waals surface area contributed by atoms with Gasteiger partial charge in [-0.05, 0) is 133 Å². The summed E-state index contributed by atoms with van der Waals surface area (Å²) in [5.74, 6) is 0. The Labute approximate surface area is 376 Å². The molecule has 6 heteroatoms. The van der Waals surface area contributed by atoms with Crippen LogP contribution in [-0.2, 0) is 10.8 Å². The van der Waals surface area contributed by atoms with Crippen LogP contribution in [0.5, 0.6) is 0 Å². The minimum absolute atomic E-state index is 0.127. The van der Waals surface area contributed by atoms with E-state index < -0.39 is 6.33 Å². The minimum Gasteiger partial charge on any atom is -0.455 e. The standard InChI is InChI=1S/C56H46BIN2OS/c1-55(2)40-20-11-12-21-41(40)56(3,4)43-33-46-39(31-42(43)55)51-52-47(32-38-37-19-10-14-24-48(37)61-54(38)51)59-45-23-13-15-25-49(45)62(5,6,58)50-26-16-22-44(53(50)59)57(52)60(46)36-29-27-35(28-30-36)34-17-8-7-9-18-34/h7-33,62H,1-6H3. The number of fused-ring (bicyclic) bond motifs is 12.